The van der Waals surface area contributed by atoms with Crippen LogP contribution in [0.3, 0.4) is 0 Å². The molecule has 1 atom stereocenters. The average molecular weight is 126 g/mol. The number of rotatable bonds is 3. The van der Waals surface area contributed by atoms with Crippen molar-refractivity contribution in [2.45, 2.75) is 25.8 Å². The van der Waals surface area contributed by atoms with Crippen LogP contribution in [-0.2, 0) is 0 Å². The summed E-state index contributed by atoms with van der Waals surface area (Å²) in [4.78, 5) is 1.95. The molecule has 0 fully saturated rings. The summed E-state index contributed by atoms with van der Waals surface area (Å²) in [6.07, 6.45) is 2.06. The molecule has 0 amide bonds. The van der Waals surface area contributed by atoms with Gasteiger partial charge < -0.3 is 0 Å². The molecule has 52 valence electrons. The van der Waals surface area contributed by atoms with Crippen LogP contribution < -0.4 is 0 Å². The van der Waals surface area contributed by atoms with Crippen LogP contribution in [0, 0.1) is 11.3 Å². The number of nitrogens with zero attached hydrogens (tertiary/aromatic N) is 2. The molecule has 0 radical (unpaired) electrons. The summed E-state index contributed by atoms with van der Waals surface area (Å²) in [6.45, 7) is 2.09. The Morgan fingerprint density at radius 1 is 1.56 bits per heavy atom. The van der Waals surface area contributed by atoms with Gasteiger partial charge in [0, 0.05) is 0 Å². The summed E-state index contributed by atoms with van der Waals surface area (Å²) in [5.41, 5.74) is 0. The number of hydrogen-bond acceptors (Lipinski definition) is 2. The van der Waals surface area contributed by atoms with E-state index >= 15 is 0 Å². The largest absolute Gasteiger partial charge is 0.294 e. The van der Waals surface area contributed by atoms with Gasteiger partial charge in [-0.05, 0) is 20.5 Å². The van der Waals surface area contributed by atoms with E-state index in [0.717, 1.165) is 12.8 Å². The maximum absolute atomic E-state index is 8.54. The lowest BCUT2D eigenvalue weighted by Gasteiger charge is -2.15. The minimum atomic E-state index is 0.106. The molecule has 0 aromatic heterocycles. The molecule has 0 saturated carbocycles. The van der Waals surface area contributed by atoms with Gasteiger partial charge in [-0.3, -0.25) is 4.90 Å². The Labute approximate surface area is 57.1 Å². The molecule has 0 heterocycles. The van der Waals surface area contributed by atoms with Gasteiger partial charge in [-0.15, -0.1) is 0 Å². The standard InChI is InChI=1S/C7H14N2/c1-4-5-7(6-8)9(2)3/h7H,4-5H2,1-3H3. The lowest BCUT2D eigenvalue weighted by molar-refractivity contribution is 0.333. The first-order valence-electron chi connectivity index (χ1n) is 3.28. The van der Waals surface area contributed by atoms with Crippen LogP contribution in [0.2, 0.25) is 0 Å². The molecule has 9 heavy (non-hydrogen) atoms. The second-order valence-corrected chi connectivity index (χ2v) is 2.40. The summed E-state index contributed by atoms with van der Waals surface area (Å²) in [7, 11) is 3.87. The highest BCUT2D eigenvalue weighted by molar-refractivity contribution is 4.88. The van der Waals surface area contributed by atoms with E-state index in [2.05, 4.69) is 13.0 Å². The fourth-order valence-electron chi connectivity index (χ4n) is 0.712. The molecule has 2 heteroatoms. The topological polar surface area (TPSA) is 27.0 Å². The summed E-state index contributed by atoms with van der Waals surface area (Å²) in [5, 5.41) is 8.54. The minimum absolute atomic E-state index is 0.106. The van der Waals surface area contributed by atoms with E-state index in [1.807, 2.05) is 19.0 Å². The van der Waals surface area contributed by atoms with Crippen molar-refractivity contribution in [2.24, 2.45) is 0 Å². The highest BCUT2D eigenvalue weighted by Crippen LogP contribution is 1.99. The summed E-state index contributed by atoms with van der Waals surface area (Å²) < 4.78 is 0. The first-order valence-corrected chi connectivity index (χ1v) is 3.28. The van der Waals surface area contributed by atoms with Gasteiger partial charge >= 0.3 is 0 Å². The molecule has 0 bridgehead atoms. The monoisotopic (exact) mass is 126 g/mol. The van der Waals surface area contributed by atoms with Gasteiger partial charge in [0.1, 0.15) is 0 Å². The molecule has 1 unspecified atom stereocenters. The van der Waals surface area contributed by atoms with E-state index in [1.165, 1.54) is 0 Å². The molecule has 0 saturated heterocycles. The predicted molar refractivity (Wildman–Crippen MR) is 38.0 cm³/mol. The van der Waals surface area contributed by atoms with Crippen LogP contribution in [-0.4, -0.2) is 25.0 Å². The quantitative estimate of drug-likeness (QED) is 0.569. The first kappa shape index (κ1) is 8.45. The average Bonchev–Trinajstić information content (AvgIpc) is 1.82. The Morgan fingerprint density at radius 3 is 2.22 bits per heavy atom. The van der Waals surface area contributed by atoms with Gasteiger partial charge in [0.15, 0.2) is 0 Å². The Balaban J connectivity index is 3.58. The van der Waals surface area contributed by atoms with E-state index in [0.29, 0.717) is 0 Å². The zero-order valence-electron chi connectivity index (χ0n) is 6.39. The second-order valence-electron chi connectivity index (χ2n) is 2.40. The number of nitriles is 1. The normalized spacial score (nSPS) is 13.2. The van der Waals surface area contributed by atoms with E-state index in [-0.39, 0.29) is 6.04 Å². The fraction of sp³-hybridized carbons (Fsp3) is 0.857. The molecule has 0 aliphatic heterocycles. The number of hydrogen-bond donors (Lipinski definition) is 0. The van der Waals surface area contributed by atoms with Crippen molar-refractivity contribution in [1.82, 2.24) is 4.90 Å². The van der Waals surface area contributed by atoms with E-state index in [4.69, 9.17) is 5.26 Å². The molecule has 0 aromatic carbocycles. The third-order valence-corrected chi connectivity index (χ3v) is 1.33. The lowest BCUT2D eigenvalue weighted by atomic mass is 10.2. The van der Waals surface area contributed by atoms with Crippen LogP contribution in [0.5, 0.6) is 0 Å². The van der Waals surface area contributed by atoms with Crippen molar-refractivity contribution in [2.75, 3.05) is 14.1 Å². The van der Waals surface area contributed by atoms with Gasteiger partial charge in [-0.25, -0.2) is 0 Å². The zero-order chi connectivity index (χ0) is 7.28. The van der Waals surface area contributed by atoms with Gasteiger partial charge in [-0.2, -0.15) is 5.26 Å². The Morgan fingerprint density at radius 2 is 2.11 bits per heavy atom. The lowest BCUT2D eigenvalue weighted by Crippen LogP contribution is -2.25. The fourth-order valence-corrected chi connectivity index (χ4v) is 0.712. The SMILES string of the molecule is CCCC(C#N)N(C)C. The van der Waals surface area contributed by atoms with Crippen LogP contribution in [0.4, 0.5) is 0 Å². The molecule has 2 nitrogen and oxygen atoms in total. The summed E-state index contributed by atoms with van der Waals surface area (Å²) >= 11 is 0. The predicted octanol–water partition coefficient (Wildman–Crippen LogP) is 1.24. The third kappa shape index (κ3) is 3.10. The highest BCUT2D eigenvalue weighted by atomic mass is 15.1. The first-order chi connectivity index (χ1) is 4.22. The Hall–Kier alpha value is -0.550. The molecule has 0 spiro atoms. The smallest absolute Gasteiger partial charge is 0.0972 e. The van der Waals surface area contributed by atoms with Crippen LogP contribution in [0.1, 0.15) is 19.8 Å². The zero-order valence-corrected chi connectivity index (χ0v) is 6.39. The van der Waals surface area contributed by atoms with E-state index in [9.17, 15) is 0 Å². The molecule has 0 aliphatic rings. The second kappa shape index (κ2) is 4.34. The molecular weight excluding hydrogens is 112 g/mol. The summed E-state index contributed by atoms with van der Waals surface area (Å²) in [6, 6.07) is 2.33. The van der Waals surface area contributed by atoms with Crippen molar-refractivity contribution < 1.29 is 0 Å². The van der Waals surface area contributed by atoms with Crippen molar-refractivity contribution in [3.63, 3.8) is 0 Å². The molecule has 0 aromatic rings. The van der Waals surface area contributed by atoms with Crippen molar-refractivity contribution in [1.29, 1.82) is 5.26 Å². The molecular formula is C7H14N2. The maximum atomic E-state index is 8.54. The van der Waals surface area contributed by atoms with Crippen LogP contribution in [0.15, 0.2) is 0 Å². The highest BCUT2D eigenvalue weighted by Gasteiger charge is 2.06. The van der Waals surface area contributed by atoms with Crippen molar-refractivity contribution >= 4 is 0 Å². The van der Waals surface area contributed by atoms with Gasteiger partial charge in [-0.1, -0.05) is 13.3 Å². The Kier molecular flexibility index (Phi) is 4.08. The minimum Gasteiger partial charge on any atom is -0.294 e. The molecule has 0 N–H and O–H groups in total. The molecule has 0 rings (SSSR count). The van der Waals surface area contributed by atoms with Gasteiger partial charge in [0.25, 0.3) is 0 Å². The van der Waals surface area contributed by atoms with Crippen LogP contribution >= 0.6 is 0 Å². The van der Waals surface area contributed by atoms with Gasteiger partial charge in [0.05, 0.1) is 12.1 Å². The Bertz CT molecular complexity index is 102. The van der Waals surface area contributed by atoms with Crippen molar-refractivity contribution in [3.8, 4) is 6.07 Å². The maximum Gasteiger partial charge on any atom is 0.0972 e. The van der Waals surface area contributed by atoms with Crippen LogP contribution in [0.25, 0.3) is 0 Å². The summed E-state index contributed by atoms with van der Waals surface area (Å²) in [5.74, 6) is 0. The van der Waals surface area contributed by atoms with Gasteiger partial charge in [0.2, 0.25) is 0 Å². The molecule has 0 aliphatic carbocycles. The van der Waals surface area contributed by atoms with Crippen molar-refractivity contribution in [3.05, 3.63) is 0 Å². The van der Waals surface area contributed by atoms with E-state index in [1.54, 1.807) is 0 Å². The third-order valence-electron chi connectivity index (χ3n) is 1.33. The van der Waals surface area contributed by atoms with E-state index < -0.39 is 0 Å².